The van der Waals surface area contributed by atoms with E-state index in [0.29, 0.717) is 32.7 Å². The summed E-state index contributed by atoms with van der Waals surface area (Å²) < 4.78 is 82.5. The van der Waals surface area contributed by atoms with Gasteiger partial charge in [-0.1, -0.05) is 177 Å². The van der Waals surface area contributed by atoms with Crippen molar-refractivity contribution in [2.45, 2.75) is 252 Å². The van der Waals surface area contributed by atoms with Gasteiger partial charge >= 0.3 is 48.0 Å². The van der Waals surface area contributed by atoms with Gasteiger partial charge in [-0.2, -0.15) is 5.26 Å². The number of hydrogen-bond acceptors (Lipinski definition) is 16. The first-order valence-electron chi connectivity index (χ1n) is 46.8. The largest absolute Gasteiger partial charge is 0.481 e. The zero-order valence-corrected chi connectivity index (χ0v) is 83.4. The normalized spacial score (nSPS) is 17.7. The molecule has 4 unspecified atom stereocenters. The second-order valence-corrected chi connectivity index (χ2v) is 41.5. The van der Waals surface area contributed by atoms with Gasteiger partial charge in [0.2, 0.25) is 0 Å². The summed E-state index contributed by atoms with van der Waals surface area (Å²) in [5.74, 6) is -5.56. The first kappa shape index (κ1) is 105. The Morgan fingerprint density at radius 1 is 0.408 bits per heavy atom. The lowest BCUT2D eigenvalue weighted by Crippen LogP contribution is -2.58. The number of amides is 7. The van der Waals surface area contributed by atoms with Crippen LogP contribution < -0.4 is 5.32 Å². The predicted octanol–water partition coefficient (Wildman–Crippen LogP) is 19.3. The van der Waals surface area contributed by atoms with Crippen molar-refractivity contribution >= 4 is 116 Å². The number of para-hydroxylation sites is 4. The van der Waals surface area contributed by atoms with Crippen LogP contribution in [-0.2, 0) is 127 Å². The molecule has 0 spiro atoms. The first-order valence-corrected chi connectivity index (χ1v) is 46.8. The van der Waals surface area contributed by atoms with Crippen molar-refractivity contribution in [3.8, 4) is 6.26 Å². The summed E-state index contributed by atoms with van der Waals surface area (Å²) in [5, 5.41) is 44.1. The Kier molecular flexibility index (Phi) is 30.4. The highest BCUT2D eigenvalue weighted by molar-refractivity contribution is 6.08. The van der Waals surface area contributed by atoms with E-state index in [4.69, 9.17) is 24.6 Å². The van der Waals surface area contributed by atoms with Crippen LogP contribution in [0.3, 0.4) is 0 Å². The second kappa shape index (κ2) is 41.1. The molecule has 0 aliphatic carbocycles. The number of urea groups is 2. The molecule has 6 aliphatic rings. The van der Waals surface area contributed by atoms with Crippen molar-refractivity contribution in [3.63, 3.8) is 0 Å². The molecule has 748 valence electrons. The van der Waals surface area contributed by atoms with Crippen molar-refractivity contribution in [3.05, 3.63) is 285 Å². The number of rotatable bonds is 19. The van der Waals surface area contributed by atoms with Crippen molar-refractivity contribution < 1.29 is 99.8 Å². The van der Waals surface area contributed by atoms with Crippen LogP contribution in [0.2, 0.25) is 0 Å². The molecule has 8 aromatic carbocycles. The predicted molar refractivity (Wildman–Crippen MR) is 528 cm³/mol. The van der Waals surface area contributed by atoms with E-state index < -0.39 is 105 Å². The summed E-state index contributed by atoms with van der Waals surface area (Å²) in [6, 6.07) is 53.5. The van der Waals surface area contributed by atoms with Crippen LogP contribution in [0.5, 0.6) is 0 Å². The van der Waals surface area contributed by atoms with E-state index in [0.717, 1.165) is 116 Å². The molecular formula is C109H120ClF4N11O17. The Labute approximate surface area is 827 Å². The highest BCUT2D eigenvalue weighted by atomic mass is 35.5. The molecule has 28 nitrogen and oxygen atoms in total. The maximum atomic E-state index is 13.6. The number of halogens is 5. The standard InChI is InChI=1S/C29H32FN3O4.C26H29FN2O4.C25H24FN3O4.C21H21FN2O2.C8H13NO3.ClH/c1-28(2,3)37-23(34)14-15-31-26(35)25-29(4,5)24-20-8-6-7-9-21(20)32(22(24)17-33(25)27(31)36)16-18-10-12-19(30)13-11-18;1-25(2,3)33-24(32)29-15-20-21(26(4,5)22(29)23(30)31)18-8-6-7-9-19(18)28(20)14-16-10-12-17(27)13-11-16;1-25(2)21-17-5-3-4-6-18(17)28(13-15-7-9-16(26)10-8-15)19(21)14-29-22(25)23(32)27(24(29)33)12-11-20(30)31;1-21(2)18-15-5-3-4-6-16(15)24(12-13-7-9-14(22)10-8-13)17(18)11-23-19(21)20(25)26;1-8(2,3)12-7(10)4-5-11-6-9;/h6-13,25H,14-17H2,1-5H3;6-13,22H,14-15H2,1-5H3,(H,30,31);3-10,22H,11-14H2,1-2H3,(H,30,31);3-10,19,23H,11-12H2,1-2H3,(H,25,26);4-5H2,1-3H3;1H. The number of ether oxygens (including phenoxy) is 4. The number of carbonyl (C=O) groups excluding carboxylic acids is 7. The van der Waals surface area contributed by atoms with E-state index in [2.05, 4.69) is 40.5 Å². The van der Waals surface area contributed by atoms with Crippen LogP contribution in [0.25, 0.3) is 43.6 Å². The maximum Gasteiger partial charge on any atom is 0.411 e. The monoisotopic (exact) mass is 1970 g/mol. The average molecular weight is 1970 g/mol. The van der Waals surface area contributed by atoms with E-state index in [1.54, 1.807) is 121 Å². The number of aliphatic carboxylic acids is 3. The molecule has 4 aromatic heterocycles. The lowest BCUT2D eigenvalue weighted by molar-refractivity contribution is -0.156. The van der Waals surface area contributed by atoms with E-state index in [1.807, 2.05) is 140 Å². The van der Waals surface area contributed by atoms with Gasteiger partial charge in [0.25, 0.3) is 18.1 Å². The van der Waals surface area contributed by atoms with Gasteiger partial charge in [0.05, 0.1) is 38.9 Å². The van der Waals surface area contributed by atoms with E-state index in [1.165, 1.54) is 64.6 Å². The minimum atomic E-state index is -1.09. The Balaban J connectivity index is 0.000000153. The third kappa shape index (κ3) is 21.6. The molecule has 10 heterocycles. The molecule has 12 aromatic rings. The van der Waals surface area contributed by atoms with Crippen molar-refractivity contribution in [1.82, 2.24) is 48.1 Å². The lowest BCUT2D eigenvalue weighted by atomic mass is 9.73. The molecule has 142 heavy (non-hydrogen) atoms. The second-order valence-electron chi connectivity index (χ2n) is 41.5. The number of nitrogens with zero attached hydrogens (tertiary/aromatic N) is 10. The first-order chi connectivity index (χ1) is 66.3. The molecule has 0 saturated carbocycles. The summed E-state index contributed by atoms with van der Waals surface area (Å²) in [4.78, 5) is 132. The van der Waals surface area contributed by atoms with Crippen LogP contribution in [0, 0.1) is 34.8 Å². The number of carboxylic acids is 3. The fourth-order valence-electron chi connectivity index (χ4n) is 20.9. The molecule has 18 rings (SSSR count). The fraction of sp³-hybridized carbons (Fsp3) is 0.385. The van der Waals surface area contributed by atoms with Gasteiger partial charge in [-0.05, 0) is 180 Å². The minimum Gasteiger partial charge on any atom is -0.481 e. The number of imide groups is 2. The molecule has 4 N–H and O–H groups in total. The number of esters is 2. The van der Waals surface area contributed by atoms with Crippen molar-refractivity contribution in [1.29, 1.82) is 5.26 Å². The summed E-state index contributed by atoms with van der Waals surface area (Å²) in [7, 11) is 0. The van der Waals surface area contributed by atoms with Crippen LogP contribution in [0.1, 0.15) is 204 Å². The maximum absolute atomic E-state index is 13.6. The number of nitriles is 1. The van der Waals surface area contributed by atoms with Gasteiger partial charge in [-0.25, -0.2) is 36.7 Å². The quantitative estimate of drug-likeness (QED) is 0.0146. The molecule has 0 bridgehead atoms. The third-order valence-electron chi connectivity index (χ3n) is 26.5. The number of aromatic nitrogens is 4. The van der Waals surface area contributed by atoms with E-state index >= 15 is 0 Å². The minimum absolute atomic E-state index is 0. The Hall–Kier alpha value is -14.3. The van der Waals surface area contributed by atoms with Crippen LogP contribution >= 0.6 is 12.4 Å². The molecule has 4 atom stereocenters. The SMILES string of the molecule is CC(C)(C)OC(=O)CCN1C(=O)C2N(Cc3c(c4ccccc4n3Cc3ccc(F)cc3)C2(C)C)C1=O.CC(C)(C)OC(=O)CCOC#N.CC(C)(C)OC(=O)N1Cc2c(c3ccccc3n2Cc2ccc(F)cc2)C(C)(C)C1C(=O)O.CC1(C)c2c(n(Cc3ccc(F)cc3)c3ccccc23)CN2C(=O)N(CCC(=O)O)C(=O)C21.CC1(C)c2c(n(Cc3ccc(F)cc3)c3ccccc23)CNC1C(=O)O.Cl. The number of nitrogens with one attached hydrogen (secondary N) is 1. The molecule has 6 aliphatic heterocycles. The molecule has 2 saturated heterocycles. The number of hydrogen-bond donors (Lipinski definition) is 4. The van der Waals surface area contributed by atoms with Gasteiger partial charge in [0.15, 0.2) is 0 Å². The van der Waals surface area contributed by atoms with Gasteiger partial charge in [-0.15, -0.1) is 12.4 Å². The third-order valence-corrected chi connectivity index (χ3v) is 26.5. The zero-order chi connectivity index (χ0) is 102. The van der Waals surface area contributed by atoms with Crippen LogP contribution in [0.4, 0.5) is 31.9 Å². The van der Waals surface area contributed by atoms with Gasteiger partial charge in [-0.3, -0.25) is 48.8 Å². The fourth-order valence-corrected chi connectivity index (χ4v) is 20.9. The topological polar surface area (TPSA) is 340 Å². The van der Waals surface area contributed by atoms with E-state index in [9.17, 15) is 75.7 Å². The Bertz CT molecular complexity index is 6890. The number of benzene rings is 8. The van der Waals surface area contributed by atoms with Gasteiger partial charge in [0, 0.05) is 134 Å². The molecular weight excluding hydrogens is 1850 g/mol. The number of carboxylic acid groups (broad SMARTS) is 3. The molecule has 0 radical (unpaired) electrons. The molecule has 33 heteroatoms. The summed E-state index contributed by atoms with van der Waals surface area (Å²) in [6.07, 6.45) is 0.594. The van der Waals surface area contributed by atoms with Crippen LogP contribution in [0.15, 0.2) is 194 Å². The average Bonchev–Trinajstić information content (AvgIpc) is 1.54. The van der Waals surface area contributed by atoms with Gasteiger partial charge < -0.3 is 62.3 Å². The van der Waals surface area contributed by atoms with Crippen molar-refractivity contribution in [2.24, 2.45) is 0 Å². The zero-order valence-electron chi connectivity index (χ0n) is 82.6. The molecule has 2 fully saturated rings. The highest BCUT2D eigenvalue weighted by Crippen LogP contribution is 2.51. The highest BCUT2D eigenvalue weighted by Gasteiger charge is 2.60. The Morgan fingerprint density at radius 3 is 1.04 bits per heavy atom. The summed E-state index contributed by atoms with van der Waals surface area (Å²) >= 11 is 0. The van der Waals surface area contributed by atoms with Gasteiger partial charge in [0.1, 0.15) is 70.8 Å². The summed E-state index contributed by atoms with van der Waals surface area (Å²) in [5.41, 5.74) is 11.0. The number of fused-ring (bicyclic) bond motifs is 14. The van der Waals surface area contributed by atoms with Crippen molar-refractivity contribution in [2.75, 3.05) is 19.7 Å². The summed E-state index contributed by atoms with van der Waals surface area (Å²) in [6.45, 7) is 34.7. The van der Waals surface area contributed by atoms with E-state index in [-0.39, 0.29) is 112 Å². The number of carbonyl (C=O) groups is 10. The lowest BCUT2D eigenvalue weighted by Gasteiger charge is -2.44. The molecule has 7 amide bonds. The Morgan fingerprint density at radius 2 is 0.718 bits per heavy atom. The van der Waals surface area contributed by atoms with Crippen LogP contribution in [-0.4, -0.2) is 179 Å². The smallest absolute Gasteiger partial charge is 0.411 e.